The van der Waals surface area contributed by atoms with Crippen molar-refractivity contribution in [3.63, 3.8) is 0 Å². The quantitative estimate of drug-likeness (QED) is 0.614. The molecule has 0 radical (unpaired) electrons. The lowest BCUT2D eigenvalue weighted by molar-refractivity contribution is -0.117. The Labute approximate surface area is 77.1 Å². The van der Waals surface area contributed by atoms with Crippen LogP contribution in [0.25, 0.3) is 0 Å². The Kier molecular flexibility index (Phi) is 3.01. The van der Waals surface area contributed by atoms with E-state index < -0.39 is 0 Å². The monoisotopic (exact) mass is 180 g/mol. The third-order valence-electron chi connectivity index (χ3n) is 1.49. The van der Waals surface area contributed by atoms with Gasteiger partial charge in [0, 0.05) is 6.08 Å². The Morgan fingerprint density at radius 3 is 2.62 bits per heavy atom. The molecule has 0 heterocycles. The van der Waals surface area contributed by atoms with Gasteiger partial charge >= 0.3 is 0 Å². The van der Waals surface area contributed by atoms with E-state index in [9.17, 15) is 9.59 Å². The fourth-order valence-electron chi connectivity index (χ4n) is 0.858. The van der Waals surface area contributed by atoms with Crippen LogP contribution in [-0.4, -0.2) is 18.2 Å². The first-order valence-electron chi connectivity index (χ1n) is 4.20. The number of hydrogen-bond donors (Lipinski definition) is 0. The second kappa shape index (κ2) is 4.03. The van der Waals surface area contributed by atoms with E-state index >= 15 is 0 Å². The molecule has 0 aromatic carbocycles. The molecule has 0 saturated heterocycles. The summed E-state index contributed by atoms with van der Waals surface area (Å²) in [7, 11) is 0. The van der Waals surface area contributed by atoms with E-state index in [-0.39, 0.29) is 17.3 Å². The van der Waals surface area contributed by atoms with Crippen LogP contribution >= 0.6 is 0 Å². The van der Waals surface area contributed by atoms with Gasteiger partial charge in [-0.3, -0.25) is 9.59 Å². The highest BCUT2D eigenvalue weighted by molar-refractivity contribution is 6.16. The van der Waals surface area contributed by atoms with Crippen LogP contribution in [0.4, 0.5) is 0 Å². The lowest BCUT2D eigenvalue weighted by Gasteiger charge is -2.11. The van der Waals surface area contributed by atoms with Crippen molar-refractivity contribution < 1.29 is 14.3 Å². The van der Waals surface area contributed by atoms with Crippen LogP contribution in [0.15, 0.2) is 24.0 Å². The van der Waals surface area contributed by atoms with Gasteiger partial charge in [0.1, 0.15) is 0 Å². The molecule has 0 amide bonds. The SMILES string of the molecule is CC(C)COC1=CC(=O)C=CC1=O. The highest BCUT2D eigenvalue weighted by atomic mass is 16.5. The average molecular weight is 180 g/mol. The molecular formula is C10H12O3. The zero-order chi connectivity index (χ0) is 9.84. The lowest BCUT2D eigenvalue weighted by atomic mass is 10.1. The number of carbonyl (C=O) groups is 2. The Hall–Kier alpha value is -1.38. The van der Waals surface area contributed by atoms with Gasteiger partial charge in [-0.25, -0.2) is 0 Å². The zero-order valence-electron chi connectivity index (χ0n) is 7.74. The molecule has 0 aromatic rings. The largest absolute Gasteiger partial charge is 0.489 e. The fourth-order valence-corrected chi connectivity index (χ4v) is 0.858. The number of allylic oxidation sites excluding steroid dienone is 3. The van der Waals surface area contributed by atoms with Crippen LogP contribution in [0.2, 0.25) is 0 Å². The van der Waals surface area contributed by atoms with Gasteiger partial charge in [0.05, 0.1) is 6.61 Å². The molecule has 3 nitrogen and oxygen atoms in total. The summed E-state index contributed by atoms with van der Waals surface area (Å²) in [6.45, 7) is 4.41. The third kappa shape index (κ3) is 2.86. The molecule has 1 aliphatic rings. The Morgan fingerprint density at radius 1 is 1.31 bits per heavy atom. The van der Waals surface area contributed by atoms with Gasteiger partial charge in [-0.1, -0.05) is 13.8 Å². The summed E-state index contributed by atoms with van der Waals surface area (Å²) < 4.78 is 5.17. The normalized spacial score (nSPS) is 16.4. The maximum Gasteiger partial charge on any atom is 0.220 e. The highest BCUT2D eigenvalue weighted by Crippen LogP contribution is 2.08. The molecular weight excluding hydrogens is 168 g/mol. The summed E-state index contributed by atoms with van der Waals surface area (Å²) in [5.41, 5.74) is 0. The molecule has 0 aromatic heterocycles. The molecule has 0 N–H and O–H groups in total. The van der Waals surface area contributed by atoms with E-state index in [2.05, 4.69) is 0 Å². The van der Waals surface area contributed by atoms with Crippen LogP contribution in [0, 0.1) is 5.92 Å². The Balaban J connectivity index is 2.58. The lowest BCUT2D eigenvalue weighted by Crippen LogP contribution is -2.13. The van der Waals surface area contributed by atoms with Gasteiger partial charge in [-0.2, -0.15) is 0 Å². The van der Waals surface area contributed by atoms with Crippen LogP contribution in [-0.2, 0) is 14.3 Å². The molecule has 3 heteroatoms. The first-order valence-corrected chi connectivity index (χ1v) is 4.20. The maximum atomic E-state index is 11.1. The summed E-state index contributed by atoms with van der Waals surface area (Å²) in [6.07, 6.45) is 3.70. The smallest absolute Gasteiger partial charge is 0.220 e. The summed E-state index contributed by atoms with van der Waals surface area (Å²) in [5.74, 6) is 0.0644. The fraction of sp³-hybridized carbons (Fsp3) is 0.400. The standard InChI is InChI=1S/C10H12O3/c1-7(2)6-13-10-5-8(11)3-4-9(10)12/h3-5,7H,6H2,1-2H3. The number of ether oxygens (including phenoxy) is 1. The Morgan fingerprint density at radius 2 is 2.00 bits per heavy atom. The number of ketones is 2. The second-order valence-corrected chi connectivity index (χ2v) is 3.31. The summed E-state index contributed by atoms with van der Waals surface area (Å²) in [4.78, 5) is 22.0. The molecule has 0 aliphatic heterocycles. The van der Waals surface area contributed by atoms with Crippen molar-refractivity contribution in [2.45, 2.75) is 13.8 Å². The van der Waals surface area contributed by atoms with Crippen molar-refractivity contribution in [3.05, 3.63) is 24.0 Å². The zero-order valence-corrected chi connectivity index (χ0v) is 7.74. The highest BCUT2D eigenvalue weighted by Gasteiger charge is 2.14. The van der Waals surface area contributed by atoms with Gasteiger partial charge in [-0.05, 0) is 18.1 Å². The summed E-state index contributed by atoms with van der Waals surface area (Å²) >= 11 is 0. The maximum absolute atomic E-state index is 11.1. The summed E-state index contributed by atoms with van der Waals surface area (Å²) in [5, 5.41) is 0. The Bertz CT molecular complexity index is 285. The number of rotatable bonds is 3. The van der Waals surface area contributed by atoms with E-state index in [1.807, 2.05) is 13.8 Å². The minimum atomic E-state index is -0.236. The first-order chi connectivity index (χ1) is 6.09. The van der Waals surface area contributed by atoms with Crippen molar-refractivity contribution in [2.24, 2.45) is 5.92 Å². The third-order valence-corrected chi connectivity index (χ3v) is 1.49. The van der Waals surface area contributed by atoms with Crippen molar-refractivity contribution in [3.8, 4) is 0 Å². The van der Waals surface area contributed by atoms with Crippen LogP contribution in [0.3, 0.4) is 0 Å². The second-order valence-electron chi connectivity index (χ2n) is 3.31. The number of hydrogen-bond acceptors (Lipinski definition) is 3. The molecule has 0 spiro atoms. The van der Waals surface area contributed by atoms with E-state index in [0.29, 0.717) is 12.5 Å². The van der Waals surface area contributed by atoms with Crippen molar-refractivity contribution in [1.29, 1.82) is 0 Å². The van der Waals surface area contributed by atoms with E-state index in [1.54, 1.807) is 0 Å². The average Bonchev–Trinajstić information content (AvgIpc) is 2.06. The predicted molar refractivity (Wildman–Crippen MR) is 48.0 cm³/mol. The van der Waals surface area contributed by atoms with Crippen molar-refractivity contribution in [2.75, 3.05) is 6.61 Å². The van der Waals surface area contributed by atoms with Gasteiger partial charge < -0.3 is 4.74 Å². The topological polar surface area (TPSA) is 43.4 Å². The van der Waals surface area contributed by atoms with E-state index in [4.69, 9.17) is 4.74 Å². The van der Waals surface area contributed by atoms with Crippen molar-refractivity contribution in [1.82, 2.24) is 0 Å². The first kappa shape index (κ1) is 9.71. The molecule has 1 rings (SSSR count). The predicted octanol–water partition coefficient (Wildman–Crippen LogP) is 1.25. The van der Waals surface area contributed by atoms with Crippen molar-refractivity contribution >= 4 is 11.6 Å². The van der Waals surface area contributed by atoms with Gasteiger partial charge in [0.15, 0.2) is 11.5 Å². The summed E-state index contributed by atoms with van der Waals surface area (Å²) in [6, 6.07) is 0. The molecule has 1 aliphatic carbocycles. The van der Waals surface area contributed by atoms with E-state index in [1.165, 1.54) is 18.2 Å². The van der Waals surface area contributed by atoms with E-state index in [0.717, 1.165) is 0 Å². The minimum absolute atomic E-state index is 0.154. The molecule has 0 atom stereocenters. The molecule has 0 bridgehead atoms. The van der Waals surface area contributed by atoms with Crippen LogP contribution in [0.1, 0.15) is 13.8 Å². The molecule has 13 heavy (non-hydrogen) atoms. The van der Waals surface area contributed by atoms with Gasteiger partial charge in [0.2, 0.25) is 5.78 Å². The molecule has 0 fully saturated rings. The number of carbonyl (C=O) groups excluding carboxylic acids is 2. The van der Waals surface area contributed by atoms with Crippen LogP contribution in [0.5, 0.6) is 0 Å². The van der Waals surface area contributed by atoms with Gasteiger partial charge in [0.25, 0.3) is 0 Å². The minimum Gasteiger partial charge on any atom is -0.489 e. The van der Waals surface area contributed by atoms with Crippen LogP contribution < -0.4 is 0 Å². The molecule has 0 saturated carbocycles. The van der Waals surface area contributed by atoms with Gasteiger partial charge in [-0.15, -0.1) is 0 Å². The molecule has 70 valence electrons. The molecule has 0 unspecified atom stereocenters.